The highest BCUT2D eigenvalue weighted by molar-refractivity contribution is 7.99. The van der Waals surface area contributed by atoms with Crippen molar-refractivity contribution in [1.29, 1.82) is 0 Å². The van der Waals surface area contributed by atoms with E-state index in [1.165, 1.54) is 11.8 Å². The number of carbonyl (C=O) groups excluding carboxylic acids is 1. The lowest BCUT2D eigenvalue weighted by Gasteiger charge is -2.11. The van der Waals surface area contributed by atoms with Gasteiger partial charge in [0.2, 0.25) is 5.91 Å². The second kappa shape index (κ2) is 9.40. The quantitative estimate of drug-likeness (QED) is 0.486. The minimum atomic E-state index is -0.135. The van der Waals surface area contributed by atoms with E-state index in [9.17, 15) is 4.79 Å². The maximum Gasteiger partial charge on any atom is 0.234 e. The molecule has 2 aromatic carbocycles. The van der Waals surface area contributed by atoms with E-state index in [-0.39, 0.29) is 18.3 Å². The standard InChI is InChI=1S/C21H21ClN4O3S/c1-28-18-9-5-3-7-16(18)23-20(27)13-30-21-25-24-19(26(21)14-10-11-14)12-29-17-8-4-2-6-15(17)22/h2-9,14H,10-13H2,1H3,(H,23,27). The van der Waals surface area contributed by atoms with Gasteiger partial charge < -0.3 is 14.8 Å². The third-order valence-corrected chi connectivity index (χ3v) is 5.81. The van der Waals surface area contributed by atoms with Crippen LogP contribution < -0.4 is 14.8 Å². The van der Waals surface area contributed by atoms with Crippen molar-refractivity contribution in [2.45, 2.75) is 30.6 Å². The summed E-state index contributed by atoms with van der Waals surface area (Å²) < 4.78 is 13.2. The molecule has 1 fully saturated rings. The van der Waals surface area contributed by atoms with Crippen LogP contribution in [0.3, 0.4) is 0 Å². The number of halogens is 1. The monoisotopic (exact) mass is 444 g/mol. The number of anilines is 1. The zero-order chi connectivity index (χ0) is 20.9. The van der Waals surface area contributed by atoms with Crippen LogP contribution in [-0.2, 0) is 11.4 Å². The predicted octanol–water partition coefficient (Wildman–Crippen LogP) is 4.58. The zero-order valence-electron chi connectivity index (χ0n) is 16.4. The number of benzene rings is 2. The van der Waals surface area contributed by atoms with Crippen LogP contribution in [0.4, 0.5) is 5.69 Å². The summed E-state index contributed by atoms with van der Waals surface area (Å²) in [5, 5.41) is 12.7. The summed E-state index contributed by atoms with van der Waals surface area (Å²) in [5.74, 6) is 2.04. The van der Waals surface area contributed by atoms with E-state index in [1.54, 1.807) is 25.3 Å². The maximum atomic E-state index is 12.4. The molecule has 7 nitrogen and oxygen atoms in total. The summed E-state index contributed by atoms with van der Waals surface area (Å²) in [6.07, 6.45) is 2.14. The van der Waals surface area contributed by atoms with Gasteiger partial charge in [0.25, 0.3) is 0 Å². The van der Waals surface area contributed by atoms with Crippen molar-refractivity contribution < 1.29 is 14.3 Å². The van der Waals surface area contributed by atoms with E-state index < -0.39 is 0 Å². The van der Waals surface area contributed by atoms with Gasteiger partial charge in [-0.05, 0) is 37.1 Å². The molecule has 0 radical (unpaired) electrons. The van der Waals surface area contributed by atoms with Crippen molar-refractivity contribution in [3.05, 3.63) is 59.4 Å². The molecule has 156 valence electrons. The second-order valence-corrected chi connectivity index (χ2v) is 8.11. The minimum Gasteiger partial charge on any atom is -0.495 e. The number of rotatable bonds is 9. The Kier molecular flexibility index (Phi) is 6.44. The van der Waals surface area contributed by atoms with Crippen LogP contribution in [-0.4, -0.2) is 33.5 Å². The van der Waals surface area contributed by atoms with E-state index in [0.29, 0.717) is 33.4 Å². The van der Waals surface area contributed by atoms with Crippen LogP contribution in [0.15, 0.2) is 53.7 Å². The third kappa shape index (κ3) is 4.88. The van der Waals surface area contributed by atoms with Gasteiger partial charge in [-0.3, -0.25) is 9.36 Å². The van der Waals surface area contributed by atoms with Crippen molar-refractivity contribution in [2.24, 2.45) is 0 Å². The first-order valence-corrected chi connectivity index (χ1v) is 10.9. The zero-order valence-corrected chi connectivity index (χ0v) is 17.9. The van der Waals surface area contributed by atoms with Crippen molar-refractivity contribution >= 4 is 35.0 Å². The number of aromatic nitrogens is 3. The molecule has 1 heterocycles. The molecule has 0 bridgehead atoms. The van der Waals surface area contributed by atoms with Crippen LogP contribution in [0.5, 0.6) is 11.5 Å². The van der Waals surface area contributed by atoms with Gasteiger partial charge in [-0.1, -0.05) is 47.6 Å². The number of para-hydroxylation sites is 3. The summed E-state index contributed by atoms with van der Waals surface area (Å²) in [4.78, 5) is 12.4. The van der Waals surface area contributed by atoms with Crippen molar-refractivity contribution in [3.63, 3.8) is 0 Å². The Balaban J connectivity index is 1.40. The number of ether oxygens (including phenoxy) is 2. The Hall–Kier alpha value is -2.71. The maximum absolute atomic E-state index is 12.4. The fraction of sp³-hybridized carbons (Fsp3) is 0.286. The molecule has 0 unspecified atom stereocenters. The number of methoxy groups -OCH3 is 1. The molecule has 1 amide bonds. The van der Waals surface area contributed by atoms with E-state index >= 15 is 0 Å². The smallest absolute Gasteiger partial charge is 0.234 e. The number of thioether (sulfide) groups is 1. The molecule has 1 aromatic heterocycles. The van der Waals surface area contributed by atoms with Gasteiger partial charge in [-0.2, -0.15) is 0 Å². The summed E-state index contributed by atoms with van der Waals surface area (Å²) in [7, 11) is 1.57. The molecule has 9 heteroatoms. The summed E-state index contributed by atoms with van der Waals surface area (Å²) >= 11 is 7.51. The van der Waals surface area contributed by atoms with Crippen LogP contribution in [0.1, 0.15) is 24.7 Å². The fourth-order valence-electron chi connectivity index (χ4n) is 2.97. The van der Waals surface area contributed by atoms with Crippen molar-refractivity contribution in [2.75, 3.05) is 18.2 Å². The summed E-state index contributed by atoms with van der Waals surface area (Å²) in [6.45, 7) is 0.265. The second-order valence-electron chi connectivity index (χ2n) is 6.76. The molecule has 0 aliphatic heterocycles. The molecule has 1 saturated carbocycles. The first kappa shape index (κ1) is 20.6. The van der Waals surface area contributed by atoms with E-state index in [1.807, 2.05) is 30.3 Å². The molecule has 30 heavy (non-hydrogen) atoms. The molecule has 1 aliphatic rings. The van der Waals surface area contributed by atoms with Gasteiger partial charge in [0.1, 0.15) is 18.1 Å². The molecule has 4 rings (SSSR count). The highest BCUT2D eigenvalue weighted by atomic mass is 35.5. The number of amides is 1. The van der Waals surface area contributed by atoms with Crippen molar-refractivity contribution in [3.8, 4) is 11.5 Å². The third-order valence-electron chi connectivity index (χ3n) is 4.55. The Morgan fingerprint density at radius 3 is 2.63 bits per heavy atom. The van der Waals surface area contributed by atoms with Gasteiger partial charge in [-0.15, -0.1) is 10.2 Å². The average Bonchev–Trinajstić information content (AvgIpc) is 3.52. The van der Waals surface area contributed by atoms with E-state index in [2.05, 4.69) is 20.1 Å². The van der Waals surface area contributed by atoms with Gasteiger partial charge >= 0.3 is 0 Å². The number of carbonyl (C=O) groups is 1. The normalized spacial score (nSPS) is 13.1. The average molecular weight is 445 g/mol. The molecule has 0 saturated heterocycles. The van der Waals surface area contributed by atoms with E-state index in [0.717, 1.165) is 18.7 Å². The highest BCUT2D eigenvalue weighted by Crippen LogP contribution is 2.39. The lowest BCUT2D eigenvalue weighted by molar-refractivity contribution is -0.113. The molecular formula is C21H21ClN4O3S. The molecule has 1 aliphatic carbocycles. The summed E-state index contributed by atoms with van der Waals surface area (Å²) in [6, 6.07) is 15.0. The van der Waals surface area contributed by atoms with Gasteiger partial charge in [0.15, 0.2) is 11.0 Å². The minimum absolute atomic E-state index is 0.135. The van der Waals surface area contributed by atoms with Crippen molar-refractivity contribution in [1.82, 2.24) is 14.8 Å². The molecule has 1 N–H and O–H groups in total. The van der Waals surface area contributed by atoms with Gasteiger partial charge in [0.05, 0.1) is 23.6 Å². The Morgan fingerprint density at radius 2 is 1.90 bits per heavy atom. The molecular weight excluding hydrogens is 424 g/mol. The molecule has 0 spiro atoms. The van der Waals surface area contributed by atoms with E-state index in [4.69, 9.17) is 21.1 Å². The van der Waals surface area contributed by atoms with Crippen LogP contribution in [0, 0.1) is 0 Å². The lowest BCUT2D eigenvalue weighted by Crippen LogP contribution is -2.15. The Bertz CT molecular complexity index is 1040. The lowest BCUT2D eigenvalue weighted by atomic mass is 10.3. The first-order chi connectivity index (χ1) is 14.7. The fourth-order valence-corrected chi connectivity index (χ4v) is 3.99. The van der Waals surface area contributed by atoms with Crippen LogP contribution >= 0.6 is 23.4 Å². The largest absolute Gasteiger partial charge is 0.495 e. The molecule has 3 aromatic rings. The van der Waals surface area contributed by atoms with Crippen LogP contribution in [0.25, 0.3) is 0 Å². The van der Waals surface area contributed by atoms with Gasteiger partial charge in [0, 0.05) is 6.04 Å². The first-order valence-electron chi connectivity index (χ1n) is 9.52. The predicted molar refractivity (Wildman–Crippen MR) is 116 cm³/mol. The molecule has 0 atom stereocenters. The SMILES string of the molecule is COc1ccccc1NC(=O)CSc1nnc(COc2ccccc2Cl)n1C1CC1. The number of nitrogens with one attached hydrogen (secondary N) is 1. The topological polar surface area (TPSA) is 78.3 Å². The number of nitrogens with zero attached hydrogens (tertiary/aromatic N) is 3. The number of hydrogen-bond donors (Lipinski definition) is 1. The number of hydrogen-bond acceptors (Lipinski definition) is 6. The van der Waals surface area contributed by atoms with Gasteiger partial charge in [-0.25, -0.2) is 0 Å². The Morgan fingerprint density at radius 1 is 1.17 bits per heavy atom. The Labute approximate surface area is 183 Å². The summed E-state index contributed by atoms with van der Waals surface area (Å²) in [5.41, 5.74) is 0.642. The highest BCUT2D eigenvalue weighted by Gasteiger charge is 2.30. The van der Waals surface area contributed by atoms with Crippen LogP contribution in [0.2, 0.25) is 5.02 Å².